The second-order valence-corrected chi connectivity index (χ2v) is 11.3. The van der Waals surface area contributed by atoms with E-state index < -0.39 is 5.69 Å². The molecule has 1 rings (SSSR count). The SMILES string of the molecule is CCCC(=S)SP1(=S)OCC(C)(C)CO1. The monoisotopic (exact) mass is 284 g/mol. The summed E-state index contributed by atoms with van der Waals surface area (Å²) in [4.78, 5) is 0. The third-order valence-corrected chi connectivity index (χ3v) is 7.51. The summed E-state index contributed by atoms with van der Waals surface area (Å²) in [5, 5.41) is 0. The standard InChI is InChI=1S/C9H17O2PS3/c1-4-5-8(13)15-12(14)10-6-9(2,3)7-11-12/h4-7H2,1-3H3. The summed E-state index contributed by atoms with van der Waals surface area (Å²) in [5.74, 6) is 0. The number of hydrogen-bond acceptors (Lipinski definition) is 5. The van der Waals surface area contributed by atoms with Crippen molar-refractivity contribution in [3.8, 4) is 0 Å². The Balaban J connectivity index is 2.49. The molecule has 1 aliphatic heterocycles. The summed E-state index contributed by atoms with van der Waals surface area (Å²) in [5.41, 5.74) is -2.09. The van der Waals surface area contributed by atoms with E-state index in [4.69, 9.17) is 33.1 Å². The van der Waals surface area contributed by atoms with Gasteiger partial charge < -0.3 is 9.05 Å². The molecule has 0 aromatic rings. The van der Waals surface area contributed by atoms with Crippen molar-refractivity contribution in [1.29, 1.82) is 0 Å². The zero-order valence-corrected chi connectivity index (χ0v) is 12.7. The fraction of sp³-hybridized carbons (Fsp3) is 0.889. The van der Waals surface area contributed by atoms with Crippen LogP contribution in [-0.4, -0.2) is 17.4 Å². The maximum absolute atomic E-state index is 5.68. The molecule has 0 atom stereocenters. The van der Waals surface area contributed by atoms with Gasteiger partial charge >= 0.3 is 0 Å². The fourth-order valence-electron chi connectivity index (χ4n) is 1.01. The van der Waals surface area contributed by atoms with Crippen molar-refractivity contribution in [2.24, 2.45) is 5.41 Å². The lowest BCUT2D eigenvalue weighted by Crippen LogP contribution is -2.28. The van der Waals surface area contributed by atoms with Gasteiger partial charge in [-0.05, 0) is 29.6 Å². The molecule has 2 nitrogen and oxygen atoms in total. The third kappa shape index (κ3) is 4.80. The van der Waals surface area contributed by atoms with Gasteiger partial charge in [-0.3, -0.25) is 0 Å². The molecule has 0 bridgehead atoms. The predicted octanol–water partition coefficient (Wildman–Crippen LogP) is 4.14. The lowest BCUT2D eigenvalue weighted by Gasteiger charge is -2.35. The fourth-order valence-corrected chi connectivity index (χ4v) is 7.05. The second kappa shape index (κ2) is 5.56. The molecule has 0 radical (unpaired) electrons. The molecule has 1 saturated heterocycles. The molecule has 0 N–H and O–H groups in total. The normalized spacial score (nSPS) is 23.7. The van der Waals surface area contributed by atoms with Crippen LogP contribution in [-0.2, 0) is 20.9 Å². The predicted molar refractivity (Wildman–Crippen MR) is 75.1 cm³/mol. The lowest BCUT2D eigenvalue weighted by molar-refractivity contribution is 0.0673. The summed E-state index contributed by atoms with van der Waals surface area (Å²) in [7, 11) is 0. The van der Waals surface area contributed by atoms with Gasteiger partial charge in [-0.2, -0.15) is 0 Å². The highest BCUT2D eigenvalue weighted by atomic mass is 32.9. The highest BCUT2D eigenvalue weighted by Crippen LogP contribution is 2.65. The molecular formula is C9H17O2PS3. The summed E-state index contributed by atoms with van der Waals surface area (Å²) >= 11 is 12.1. The maximum atomic E-state index is 5.68. The summed E-state index contributed by atoms with van der Waals surface area (Å²) in [6.07, 6.45) is 1.96. The van der Waals surface area contributed by atoms with Crippen molar-refractivity contribution in [1.82, 2.24) is 0 Å². The van der Waals surface area contributed by atoms with Crippen molar-refractivity contribution in [3.05, 3.63) is 0 Å². The van der Waals surface area contributed by atoms with Crippen LogP contribution >= 0.6 is 29.3 Å². The minimum atomic E-state index is -2.17. The van der Waals surface area contributed by atoms with E-state index >= 15 is 0 Å². The Kier molecular flexibility index (Phi) is 5.22. The maximum Gasteiger partial charge on any atom is 0.252 e. The first-order chi connectivity index (χ1) is 6.87. The largest absolute Gasteiger partial charge is 0.321 e. The number of hydrogen-bond donors (Lipinski definition) is 0. The van der Waals surface area contributed by atoms with Gasteiger partial charge in [0.05, 0.1) is 17.4 Å². The van der Waals surface area contributed by atoms with E-state index in [-0.39, 0.29) is 5.41 Å². The number of rotatable bonds is 3. The van der Waals surface area contributed by atoms with Crippen LogP contribution in [0, 0.1) is 5.41 Å². The van der Waals surface area contributed by atoms with Crippen LogP contribution in [0.25, 0.3) is 0 Å². The van der Waals surface area contributed by atoms with Gasteiger partial charge in [-0.1, -0.05) is 39.4 Å². The van der Waals surface area contributed by atoms with E-state index in [0.29, 0.717) is 13.2 Å². The molecular weight excluding hydrogens is 267 g/mol. The molecule has 0 spiro atoms. The Labute approximate surface area is 106 Å². The van der Waals surface area contributed by atoms with E-state index in [0.717, 1.165) is 17.0 Å². The molecule has 0 aliphatic carbocycles. The molecule has 6 heteroatoms. The Morgan fingerprint density at radius 1 is 1.40 bits per heavy atom. The molecule has 1 fully saturated rings. The highest BCUT2D eigenvalue weighted by Gasteiger charge is 2.34. The van der Waals surface area contributed by atoms with Crippen LogP contribution in [0.2, 0.25) is 0 Å². The van der Waals surface area contributed by atoms with E-state index in [9.17, 15) is 0 Å². The summed E-state index contributed by atoms with van der Waals surface area (Å²) in [6.45, 7) is 7.67. The van der Waals surface area contributed by atoms with Gasteiger partial charge in [0.2, 0.25) is 0 Å². The Hall–Kier alpha value is 1.01. The van der Waals surface area contributed by atoms with Crippen LogP contribution in [0.4, 0.5) is 0 Å². The van der Waals surface area contributed by atoms with Gasteiger partial charge in [0.1, 0.15) is 0 Å². The topological polar surface area (TPSA) is 18.5 Å². The van der Waals surface area contributed by atoms with Crippen LogP contribution < -0.4 is 0 Å². The molecule has 15 heavy (non-hydrogen) atoms. The zero-order chi connectivity index (χ0) is 11.5. The first-order valence-electron chi connectivity index (χ1n) is 4.98. The molecule has 0 aromatic carbocycles. The average Bonchev–Trinajstić information content (AvgIpc) is 2.12. The van der Waals surface area contributed by atoms with Gasteiger partial charge in [0.25, 0.3) is 5.69 Å². The van der Waals surface area contributed by atoms with Gasteiger partial charge in [-0.15, -0.1) is 0 Å². The Bertz CT molecular complexity index is 277. The van der Waals surface area contributed by atoms with Crippen LogP contribution in [0.15, 0.2) is 0 Å². The Morgan fingerprint density at radius 3 is 2.40 bits per heavy atom. The van der Waals surface area contributed by atoms with E-state index in [1.807, 2.05) is 0 Å². The first-order valence-corrected chi connectivity index (χ1v) is 9.45. The van der Waals surface area contributed by atoms with Crippen molar-refractivity contribution in [2.75, 3.05) is 13.2 Å². The van der Waals surface area contributed by atoms with E-state index in [2.05, 4.69) is 20.8 Å². The molecule has 0 saturated carbocycles. The summed E-state index contributed by atoms with van der Waals surface area (Å²) < 4.78 is 12.3. The van der Waals surface area contributed by atoms with Gasteiger partial charge in [-0.25, -0.2) is 0 Å². The van der Waals surface area contributed by atoms with Crippen molar-refractivity contribution in [3.63, 3.8) is 0 Å². The van der Waals surface area contributed by atoms with Gasteiger partial charge in [0.15, 0.2) is 0 Å². The molecule has 0 aromatic heterocycles. The number of thiocarbonyl (C=S) groups is 1. The quantitative estimate of drug-likeness (QED) is 0.571. The highest BCUT2D eigenvalue weighted by molar-refractivity contribution is 8.75. The first kappa shape index (κ1) is 14.1. The van der Waals surface area contributed by atoms with Crippen LogP contribution in [0.3, 0.4) is 0 Å². The molecule has 88 valence electrons. The molecule has 0 amide bonds. The Morgan fingerprint density at radius 2 is 1.93 bits per heavy atom. The van der Waals surface area contributed by atoms with Crippen molar-refractivity contribution < 1.29 is 9.05 Å². The van der Waals surface area contributed by atoms with E-state index in [1.54, 1.807) is 0 Å². The minimum Gasteiger partial charge on any atom is -0.321 e. The van der Waals surface area contributed by atoms with Crippen LogP contribution in [0.1, 0.15) is 33.6 Å². The van der Waals surface area contributed by atoms with E-state index in [1.165, 1.54) is 11.4 Å². The minimum absolute atomic E-state index is 0.0786. The van der Waals surface area contributed by atoms with Crippen molar-refractivity contribution >= 4 is 45.3 Å². The smallest absolute Gasteiger partial charge is 0.252 e. The average molecular weight is 284 g/mol. The summed E-state index contributed by atoms with van der Waals surface area (Å²) in [6, 6.07) is 0. The molecule has 0 unspecified atom stereocenters. The van der Waals surface area contributed by atoms with Gasteiger partial charge in [0, 0.05) is 5.41 Å². The zero-order valence-electron chi connectivity index (χ0n) is 9.32. The van der Waals surface area contributed by atoms with Crippen molar-refractivity contribution in [2.45, 2.75) is 33.6 Å². The third-order valence-electron chi connectivity index (χ3n) is 1.89. The molecule has 1 aliphatic rings. The lowest BCUT2D eigenvalue weighted by atomic mass is 9.97. The van der Waals surface area contributed by atoms with Crippen LogP contribution in [0.5, 0.6) is 0 Å². The molecule has 1 heterocycles. The second-order valence-electron chi connectivity index (χ2n) is 4.37.